The molecule has 0 atom stereocenters. The van der Waals surface area contributed by atoms with Gasteiger partial charge in [0.25, 0.3) is 5.56 Å². The molecule has 4 nitrogen and oxygen atoms in total. The summed E-state index contributed by atoms with van der Waals surface area (Å²) in [6.07, 6.45) is 4.20. The summed E-state index contributed by atoms with van der Waals surface area (Å²) >= 11 is 0. The molecule has 3 aromatic rings. The van der Waals surface area contributed by atoms with E-state index in [4.69, 9.17) is 9.72 Å². The predicted molar refractivity (Wildman–Crippen MR) is 94.3 cm³/mol. The van der Waals surface area contributed by atoms with Crippen molar-refractivity contribution in [2.24, 2.45) is 0 Å². The van der Waals surface area contributed by atoms with Crippen molar-refractivity contribution in [3.8, 4) is 5.75 Å². The van der Waals surface area contributed by atoms with Crippen molar-refractivity contribution in [2.45, 2.75) is 38.8 Å². The molecule has 0 N–H and O–H groups in total. The lowest BCUT2D eigenvalue weighted by atomic mass is 10.2. The molecule has 2 heterocycles. The summed E-state index contributed by atoms with van der Waals surface area (Å²) in [6, 6.07) is 15.6. The number of nitrogens with zero attached hydrogens (tertiary/aromatic N) is 2. The lowest BCUT2D eigenvalue weighted by Crippen LogP contribution is -2.24. The standard InChI is InChI=1S/C20H20N2O2/c23-20-17-13-16(24-14-15-7-3-1-4-8-15)10-11-18(17)21-19-9-5-2-6-12-22(19)20/h1,3-4,7-8,10-11,13H,2,5-6,9,12,14H2. The molecule has 122 valence electrons. The molecule has 0 unspecified atom stereocenters. The molecule has 1 aromatic heterocycles. The largest absolute Gasteiger partial charge is 0.489 e. The first-order valence-corrected chi connectivity index (χ1v) is 8.51. The number of hydrogen-bond acceptors (Lipinski definition) is 3. The summed E-state index contributed by atoms with van der Waals surface area (Å²) in [5.41, 5.74) is 1.93. The van der Waals surface area contributed by atoms with E-state index in [1.807, 2.05) is 53.1 Å². The minimum absolute atomic E-state index is 0.0575. The van der Waals surface area contributed by atoms with Crippen molar-refractivity contribution in [1.82, 2.24) is 9.55 Å². The van der Waals surface area contributed by atoms with Crippen molar-refractivity contribution < 1.29 is 4.74 Å². The first kappa shape index (κ1) is 14.9. The zero-order chi connectivity index (χ0) is 16.4. The highest BCUT2D eigenvalue weighted by Gasteiger charge is 2.14. The van der Waals surface area contributed by atoms with Crippen LogP contribution in [0.1, 0.15) is 30.7 Å². The Morgan fingerprint density at radius 1 is 1.04 bits per heavy atom. The molecule has 4 rings (SSSR count). The highest BCUT2D eigenvalue weighted by molar-refractivity contribution is 5.79. The Hall–Kier alpha value is -2.62. The Bertz CT molecular complexity index is 916. The van der Waals surface area contributed by atoms with Gasteiger partial charge in [-0.3, -0.25) is 9.36 Å². The maximum Gasteiger partial charge on any atom is 0.261 e. The van der Waals surface area contributed by atoms with E-state index in [1.54, 1.807) is 0 Å². The Kier molecular flexibility index (Phi) is 4.03. The van der Waals surface area contributed by atoms with Crippen LogP contribution in [0.2, 0.25) is 0 Å². The molecule has 0 saturated heterocycles. The molecule has 0 radical (unpaired) electrons. The second-order valence-corrected chi connectivity index (χ2v) is 6.25. The zero-order valence-electron chi connectivity index (χ0n) is 13.6. The van der Waals surface area contributed by atoms with Crippen LogP contribution in [0.25, 0.3) is 10.9 Å². The van der Waals surface area contributed by atoms with Crippen molar-refractivity contribution in [2.75, 3.05) is 0 Å². The number of ether oxygens (including phenoxy) is 1. The first-order chi connectivity index (χ1) is 11.8. The van der Waals surface area contributed by atoms with Gasteiger partial charge >= 0.3 is 0 Å². The van der Waals surface area contributed by atoms with Gasteiger partial charge in [0.2, 0.25) is 0 Å². The van der Waals surface area contributed by atoms with Crippen LogP contribution in [0.5, 0.6) is 5.75 Å². The molecule has 24 heavy (non-hydrogen) atoms. The summed E-state index contributed by atoms with van der Waals surface area (Å²) in [7, 11) is 0. The lowest BCUT2D eigenvalue weighted by molar-refractivity contribution is 0.306. The fourth-order valence-electron chi connectivity index (χ4n) is 3.23. The van der Waals surface area contributed by atoms with Crippen LogP contribution < -0.4 is 10.3 Å². The summed E-state index contributed by atoms with van der Waals surface area (Å²) in [5, 5.41) is 0.645. The van der Waals surface area contributed by atoms with Gasteiger partial charge in [-0.1, -0.05) is 36.8 Å². The molecule has 0 fully saturated rings. The number of aromatic nitrogens is 2. The van der Waals surface area contributed by atoms with Gasteiger partial charge in [-0.15, -0.1) is 0 Å². The molecule has 0 bridgehead atoms. The second kappa shape index (κ2) is 6.48. The first-order valence-electron chi connectivity index (χ1n) is 8.51. The molecule has 0 spiro atoms. The van der Waals surface area contributed by atoms with Gasteiger partial charge in [0.05, 0.1) is 10.9 Å². The topological polar surface area (TPSA) is 44.1 Å². The number of benzene rings is 2. The maximum absolute atomic E-state index is 12.8. The second-order valence-electron chi connectivity index (χ2n) is 6.25. The third-order valence-corrected chi connectivity index (χ3v) is 4.54. The van der Waals surface area contributed by atoms with Crippen molar-refractivity contribution >= 4 is 10.9 Å². The van der Waals surface area contributed by atoms with Crippen LogP contribution >= 0.6 is 0 Å². The fraction of sp³-hybridized carbons (Fsp3) is 0.300. The Morgan fingerprint density at radius 2 is 1.92 bits per heavy atom. The fourth-order valence-corrected chi connectivity index (χ4v) is 3.23. The quantitative estimate of drug-likeness (QED) is 0.739. The van der Waals surface area contributed by atoms with E-state index in [0.717, 1.165) is 49.1 Å². The van der Waals surface area contributed by atoms with Crippen LogP contribution in [0.4, 0.5) is 0 Å². The predicted octanol–water partition coefficient (Wildman–Crippen LogP) is 3.70. The average Bonchev–Trinajstić information content (AvgIpc) is 2.87. The van der Waals surface area contributed by atoms with E-state index < -0.39 is 0 Å². The third kappa shape index (κ3) is 2.92. The van der Waals surface area contributed by atoms with E-state index in [2.05, 4.69) is 0 Å². The molecular formula is C20H20N2O2. The average molecular weight is 320 g/mol. The van der Waals surface area contributed by atoms with Gasteiger partial charge in [0.15, 0.2) is 0 Å². The minimum Gasteiger partial charge on any atom is -0.489 e. The smallest absolute Gasteiger partial charge is 0.261 e. The molecule has 1 aliphatic rings. The third-order valence-electron chi connectivity index (χ3n) is 4.54. The van der Waals surface area contributed by atoms with Gasteiger partial charge in [-0.05, 0) is 36.6 Å². The van der Waals surface area contributed by atoms with Crippen LogP contribution in [-0.2, 0) is 19.6 Å². The van der Waals surface area contributed by atoms with Crippen LogP contribution in [0.15, 0.2) is 53.3 Å². The van der Waals surface area contributed by atoms with Gasteiger partial charge in [-0.2, -0.15) is 0 Å². The summed E-state index contributed by atoms with van der Waals surface area (Å²) in [6.45, 7) is 1.26. The Labute approximate surface area is 140 Å². The highest BCUT2D eigenvalue weighted by atomic mass is 16.5. The van der Waals surface area contributed by atoms with E-state index >= 15 is 0 Å². The van der Waals surface area contributed by atoms with Crippen LogP contribution in [0, 0.1) is 0 Å². The number of rotatable bonds is 3. The number of hydrogen-bond donors (Lipinski definition) is 0. The number of fused-ring (bicyclic) bond motifs is 2. The molecule has 0 amide bonds. The SMILES string of the molecule is O=c1c2cc(OCc3ccccc3)ccc2nc2n1CCCCC2. The van der Waals surface area contributed by atoms with E-state index in [0.29, 0.717) is 17.7 Å². The Morgan fingerprint density at radius 3 is 2.79 bits per heavy atom. The molecule has 2 aromatic carbocycles. The van der Waals surface area contributed by atoms with Gasteiger partial charge in [0, 0.05) is 13.0 Å². The normalized spacial score (nSPS) is 14.2. The van der Waals surface area contributed by atoms with Crippen LogP contribution in [-0.4, -0.2) is 9.55 Å². The lowest BCUT2D eigenvalue weighted by Gasteiger charge is -2.11. The Balaban J connectivity index is 1.67. The zero-order valence-corrected chi connectivity index (χ0v) is 13.6. The summed E-state index contributed by atoms with van der Waals surface area (Å²) < 4.78 is 7.69. The van der Waals surface area contributed by atoms with Crippen molar-refractivity contribution in [3.63, 3.8) is 0 Å². The number of aryl methyl sites for hydroxylation is 1. The highest BCUT2D eigenvalue weighted by Crippen LogP contribution is 2.20. The molecule has 4 heteroatoms. The van der Waals surface area contributed by atoms with Gasteiger partial charge in [-0.25, -0.2) is 4.98 Å². The van der Waals surface area contributed by atoms with E-state index in [1.165, 1.54) is 0 Å². The summed E-state index contributed by atoms with van der Waals surface area (Å²) in [4.78, 5) is 17.5. The van der Waals surface area contributed by atoms with Gasteiger partial charge in [0.1, 0.15) is 18.2 Å². The van der Waals surface area contributed by atoms with Crippen molar-refractivity contribution in [1.29, 1.82) is 0 Å². The van der Waals surface area contributed by atoms with Gasteiger partial charge < -0.3 is 4.74 Å². The molecular weight excluding hydrogens is 300 g/mol. The van der Waals surface area contributed by atoms with E-state index in [9.17, 15) is 4.79 Å². The monoisotopic (exact) mass is 320 g/mol. The van der Waals surface area contributed by atoms with Crippen LogP contribution in [0.3, 0.4) is 0 Å². The molecule has 0 saturated carbocycles. The molecule has 0 aliphatic carbocycles. The molecule has 1 aliphatic heterocycles. The maximum atomic E-state index is 12.8. The van der Waals surface area contributed by atoms with Crippen molar-refractivity contribution in [3.05, 3.63) is 70.3 Å². The van der Waals surface area contributed by atoms with E-state index in [-0.39, 0.29) is 5.56 Å². The summed E-state index contributed by atoms with van der Waals surface area (Å²) in [5.74, 6) is 1.63. The minimum atomic E-state index is 0.0575.